The lowest BCUT2D eigenvalue weighted by atomic mass is 10.2. The summed E-state index contributed by atoms with van der Waals surface area (Å²) in [5.74, 6) is -0.885. The Kier molecular flexibility index (Phi) is 5.92. The smallest absolute Gasteiger partial charge is 0.278 e. The van der Waals surface area contributed by atoms with E-state index < -0.39 is 17.2 Å². The zero-order valence-corrected chi connectivity index (χ0v) is 14.8. The van der Waals surface area contributed by atoms with Gasteiger partial charge < -0.3 is 10.2 Å². The number of amides is 1. The first kappa shape index (κ1) is 19.1. The molecular formula is C17H20ClFN4O2. The molecule has 1 saturated heterocycles. The molecule has 1 fully saturated rings. The molecule has 1 aliphatic rings. The summed E-state index contributed by atoms with van der Waals surface area (Å²) in [7, 11) is 0. The standard InChI is InChI=1S/C17H19FN4O2.ClH/c1-11-10-21(8-7-19-11)17(24)16-15(23)9-12(2)22(20-16)14-6-4-3-5-13(14)18;/h3-6,9,11,19H,7-8,10H2,1-2H3;1H. The lowest BCUT2D eigenvalue weighted by Gasteiger charge is -2.31. The van der Waals surface area contributed by atoms with Gasteiger partial charge in [0.25, 0.3) is 5.91 Å². The van der Waals surface area contributed by atoms with Crippen molar-refractivity contribution in [2.45, 2.75) is 19.9 Å². The molecule has 1 atom stereocenters. The lowest BCUT2D eigenvalue weighted by Crippen LogP contribution is -2.52. The van der Waals surface area contributed by atoms with E-state index in [1.54, 1.807) is 30.0 Å². The molecule has 0 spiro atoms. The van der Waals surface area contributed by atoms with Crippen molar-refractivity contribution in [1.82, 2.24) is 20.0 Å². The van der Waals surface area contributed by atoms with Gasteiger partial charge in [0.2, 0.25) is 5.43 Å². The molecule has 0 radical (unpaired) electrons. The van der Waals surface area contributed by atoms with Crippen LogP contribution in [0.1, 0.15) is 23.1 Å². The molecule has 1 aromatic carbocycles. The zero-order valence-electron chi connectivity index (χ0n) is 14.0. The third-order valence-electron chi connectivity index (χ3n) is 4.05. The number of nitrogens with one attached hydrogen (secondary N) is 1. The van der Waals surface area contributed by atoms with E-state index in [0.29, 0.717) is 25.3 Å². The number of rotatable bonds is 2. The largest absolute Gasteiger partial charge is 0.334 e. The number of benzene rings is 1. The number of hydrogen-bond acceptors (Lipinski definition) is 4. The minimum absolute atomic E-state index is 0. The van der Waals surface area contributed by atoms with Crippen LogP contribution in [-0.4, -0.2) is 46.3 Å². The Morgan fingerprint density at radius 3 is 2.76 bits per heavy atom. The van der Waals surface area contributed by atoms with Crippen LogP contribution in [-0.2, 0) is 0 Å². The van der Waals surface area contributed by atoms with E-state index in [2.05, 4.69) is 10.4 Å². The van der Waals surface area contributed by atoms with E-state index >= 15 is 0 Å². The van der Waals surface area contributed by atoms with Crippen molar-refractivity contribution < 1.29 is 9.18 Å². The van der Waals surface area contributed by atoms with E-state index in [-0.39, 0.29) is 29.8 Å². The van der Waals surface area contributed by atoms with Gasteiger partial charge in [0.05, 0.1) is 0 Å². The van der Waals surface area contributed by atoms with Crippen molar-refractivity contribution in [1.29, 1.82) is 0 Å². The maximum Gasteiger partial charge on any atom is 0.278 e. The Morgan fingerprint density at radius 2 is 2.08 bits per heavy atom. The van der Waals surface area contributed by atoms with Gasteiger partial charge in [-0.3, -0.25) is 9.59 Å². The first-order valence-corrected chi connectivity index (χ1v) is 7.86. The van der Waals surface area contributed by atoms with Gasteiger partial charge in [-0.1, -0.05) is 12.1 Å². The molecule has 0 saturated carbocycles. The zero-order chi connectivity index (χ0) is 17.3. The number of para-hydroxylation sites is 1. The summed E-state index contributed by atoms with van der Waals surface area (Å²) in [5, 5.41) is 7.40. The number of hydrogen-bond donors (Lipinski definition) is 1. The number of aromatic nitrogens is 2. The quantitative estimate of drug-likeness (QED) is 0.875. The summed E-state index contributed by atoms with van der Waals surface area (Å²) in [6.45, 7) is 5.31. The summed E-state index contributed by atoms with van der Waals surface area (Å²) >= 11 is 0. The third kappa shape index (κ3) is 3.88. The van der Waals surface area contributed by atoms with E-state index in [4.69, 9.17) is 0 Å². The highest BCUT2D eigenvalue weighted by atomic mass is 35.5. The number of nitrogens with zero attached hydrogens (tertiary/aromatic N) is 3. The van der Waals surface area contributed by atoms with Crippen molar-refractivity contribution >= 4 is 18.3 Å². The van der Waals surface area contributed by atoms with E-state index in [1.807, 2.05) is 6.92 Å². The number of aryl methyl sites for hydroxylation is 1. The van der Waals surface area contributed by atoms with Crippen LogP contribution in [0, 0.1) is 12.7 Å². The predicted molar refractivity (Wildman–Crippen MR) is 95.1 cm³/mol. The number of carbonyl (C=O) groups is 1. The lowest BCUT2D eigenvalue weighted by molar-refractivity contribution is 0.0699. The van der Waals surface area contributed by atoms with Gasteiger partial charge in [-0.05, 0) is 26.0 Å². The highest BCUT2D eigenvalue weighted by Gasteiger charge is 2.25. The molecule has 6 nitrogen and oxygen atoms in total. The molecule has 134 valence electrons. The average molecular weight is 367 g/mol. The first-order valence-electron chi connectivity index (χ1n) is 7.86. The van der Waals surface area contributed by atoms with E-state index in [1.165, 1.54) is 16.8 Å². The first-order chi connectivity index (χ1) is 11.5. The second-order valence-corrected chi connectivity index (χ2v) is 5.97. The van der Waals surface area contributed by atoms with Crippen LogP contribution < -0.4 is 10.7 Å². The van der Waals surface area contributed by atoms with Gasteiger partial charge in [-0.25, -0.2) is 9.07 Å². The van der Waals surface area contributed by atoms with Gasteiger partial charge >= 0.3 is 0 Å². The molecule has 0 aliphatic carbocycles. The molecule has 3 rings (SSSR count). The second kappa shape index (κ2) is 7.76. The highest BCUT2D eigenvalue weighted by Crippen LogP contribution is 2.13. The highest BCUT2D eigenvalue weighted by molar-refractivity contribution is 5.92. The Morgan fingerprint density at radius 1 is 1.36 bits per heavy atom. The van der Waals surface area contributed by atoms with Crippen LogP contribution in [0.4, 0.5) is 4.39 Å². The minimum atomic E-state index is -0.467. The minimum Gasteiger partial charge on any atom is -0.334 e. The molecule has 1 N–H and O–H groups in total. The topological polar surface area (TPSA) is 67.2 Å². The monoisotopic (exact) mass is 366 g/mol. The predicted octanol–water partition coefficient (Wildman–Crippen LogP) is 1.54. The average Bonchev–Trinajstić information content (AvgIpc) is 2.55. The Balaban J connectivity index is 0.00000225. The Hall–Kier alpha value is -2.25. The molecule has 1 aromatic heterocycles. The molecule has 1 amide bonds. The molecule has 8 heteroatoms. The summed E-state index contributed by atoms with van der Waals surface area (Å²) in [5.41, 5.74) is 0.0438. The van der Waals surface area contributed by atoms with Crippen LogP contribution >= 0.6 is 12.4 Å². The molecule has 25 heavy (non-hydrogen) atoms. The number of halogens is 2. The SMILES string of the molecule is Cc1cc(=O)c(C(=O)N2CCNC(C)C2)nn1-c1ccccc1F.Cl. The molecule has 2 heterocycles. The van der Waals surface area contributed by atoms with E-state index in [9.17, 15) is 14.0 Å². The molecule has 0 bridgehead atoms. The van der Waals surface area contributed by atoms with Crippen LogP contribution in [0.3, 0.4) is 0 Å². The van der Waals surface area contributed by atoms with Gasteiger partial charge in [-0.15, -0.1) is 12.4 Å². The van der Waals surface area contributed by atoms with Gasteiger partial charge in [0.15, 0.2) is 5.69 Å². The third-order valence-corrected chi connectivity index (χ3v) is 4.05. The van der Waals surface area contributed by atoms with Crippen molar-refractivity contribution in [2.24, 2.45) is 0 Å². The fourth-order valence-corrected chi connectivity index (χ4v) is 2.83. The number of carbonyl (C=O) groups excluding carboxylic acids is 1. The van der Waals surface area contributed by atoms with Crippen LogP contribution in [0.25, 0.3) is 5.69 Å². The molecule has 1 unspecified atom stereocenters. The summed E-state index contributed by atoms with van der Waals surface area (Å²) < 4.78 is 15.4. The maximum absolute atomic E-state index is 14.1. The Labute approximate surface area is 151 Å². The van der Waals surface area contributed by atoms with Crippen LogP contribution in [0.5, 0.6) is 0 Å². The summed E-state index contributed by atoms with van der Waals surface area (Å²) in [4.78, 5) is 26.5. The van der Waals surface area contributed by atoms with Crippen molar-refractivity contribution in [3.05, 3.63) is 57.8 Å². The summed E-state index contributed by atoms with van der Waals surface area (Å²) in [6.07, 6.45) is 0. The van der Waals surface area contributed by atoms with Crippen molar-refractivity contribution in [2.75, 3.05) is 19.6 Å². The fourth-order valence-electron chi connectivity index (χ4n) is 2.83. The van der Waals surface area contributed by atoms with Crippen molar-refractivity contribution in [3.63, 3.8) is 0 Å². The normalized spacial score (nSPS) is 17.1. The number of piperazine rings is 1. The maximum atomic E-state index is 14.1. The van der Waals surface area contributed by atoms with Crippen LogP contribution in [0.15, 0.2) is 35.1 Å². The molecular weight excluding hydrogens is 347 g/mol. The molecule has 2 aromatic rings. The van der Waals surface area contributed by atoms with Crippen molar-refractivity contribution in [3.8, 4) is 5.69 Å². The molecule has 1 aliphatic heterocycles. The van der Waals surface area contributed by atoms with E-state index in [0.717, 1.165) is 0 Å². The summed E-state index contributed by atoms with van der Waals surface area (Å²) in [6, 6.07) is 7.59. The van der Waals surface area contributed by atoms with Gasteiger partial charge in [0.1, 0.15) is 11.5 Å². The fraction of sp³-hybridized carbons (Fsp3) is 0.353. The van der Waals surface area contributed by atoms with Gasteiger partial charge in [-0.2, -0.15) is 5.10 Å². The van der Waals surface area contributed by atoms with Crippen LogP contribution in [0.2, 0.25) is 0 Å². The Bertz CT molecular complexity index is 840. The second-order valence-electron chi connectivity index (χ2n) is 5.97. The van der Waals surface area contributed by atoms with Gasteiger partial charge in [0, 0.05) is 37.4 Å².